The monoisotopic (exact) mass is 204 g/mol. The zero-order valence-electron chi connectivity index (χ0n) is 8.59. The average Bonchev–Trinajstić information content (AvgIpc) is 2.38. The molecule has 5 nitrogen and oxygen atoms in total. The van der Waals surface area contributed by atoms with E-state index in [1.165, 1.54) is 0 Å². The van der Waals surface area contributed by atoms with Crippen LogP contribution in [0.4, 0.5) is 5.69 Å². The highest BCUT2D eigenvalue weighted by molar-refractivity contribution is 6.06. The summed E-state index contributed by atoms with van der Waals surface area (Å²) in [5.41, 5.74) is 6.71. The van der Waals surface area contributed by atoms with Gasteiger partial charge in [0.05, 0.1) is 17.3 Å². The summed E-state index contributed by atoms with van der Waals surface area (Å²) in [6.45, 7) is 3.66. The van der Waals surface area contributed by atoms with Gasteiger partial charge in [-0.25, -0.2) is 0 Å². The lowest BCUT2D eigenvalue weighted by Gasteiger charge is -2.15. The summed E-state index contributed by atoms with van der Waals surface area (Å²) in [5.74, 6) is -0.145. The summed E-state index contributed by atoms with van der Waals surface area (Å²) < 4.78 is 0. The number of pyridine rings is 1. The molecule has 0 fully saturated rings. The van der Waals surface area contributed by atoms with Crippen molar-refractivity contribution in [2.24, 2.45) is 5.73 Å². The molecule has 15 heavy (non-hydrogen) atoms. The summed E-state index contributed by atoms with van der Waals surface area (Å²) in [5, 5.41) is 10.0. The van der Waals surface area contributed by atoms with Gasteiger partial charge < -0.3 is 11.1 Å². The second-order valence-electron chi connectivity index (χ2n) is 4.11. The minimum atomic E-state index is -0.581. The van der Waals surface area contributed by atoms with Crippen molar-refractivity contribution in [1.82, 2.24) is 4.98 Å². The Labute approximate surface area is 87.2 Å². The lowest BCUT2D eigenvalue weighted by atomic mass is 9.86. The van der Waals surface area contributed by atoms with Crippen molar-refractivity contribution < 1.29 is 4.79 Å². The number of amidine groups is 1. The van der Waals surface area contributed by atoms with Crippen LogP contribution in [-0.2, 0) is 10.2 Å². The summed E-state index contributed by atoms with van der Waals surface area (Å²) in [6, 6.07) is 1.69. The predicted molar refractivity (Wildman–Crippen MR) is 56.9 cm³/mol. The molecule has 0 bridgehead atoms. The minimum absolute atomic E-state index is 0.0556. The molecular weight excluding hydrogens is 192 g/mol. The van der Waals surface area contributed by atoms with Gasteiger partial charge in [0, 0.05) is 0 Å². The van der Waals surface area contributed by atoms with Crippen LogP contribution in [0.15, 0.2) is 12.3 Å². The fourth-order valence-corrected chi connectivity index (χ4v) is 1.62. The van der Waals surface area contributed by atoms with Gasteiger partial charge >= 0.3 is 0 Å². The molecule has 0 saturated carbocycles. The molecule has 0 saturated heterocycles. The van der Waals surface area contributed by atoms with Crippen molar-refractivity contribution in [2.45, 2.75) is 19.3 Å². The molecule has 2 rings (SSSR count). The zero-order valence-corrected chi connectivity index (χ0v) is 8.59. The fraction of sp³-hybridized carbons (Fsp3) is 0.300. The highest BCUT2D eigenvalue weighted by Crippen LogP contribution is 2.36. The molecule has 0 atom stereocenters. The molecule has 5 heteroatoms. The van der Waals surface area contributed by atoms with E-state index in [0.717, 1.165) is 5.56 Å². The number of nitrogens with zero attached hydrogens (tertiary/aromatic N) is 1. The van der Waals surface area contributed by atoms with Crippen LogP contribution in [0.1, 0.15) is 25.1 Å². The Morgan fingerprint density at radius 3 is 2.87 bits per heavy atom. The Morgan fingerprint density at radius 2 is 2.27 bits per heavy atom. The van der Waals surface area contributed by atoms with Gasteiger partial charge in [-0.05, 0) is 25.5 Å². The molecule has 0 aromatic carbocycles. The Morgan fingerprint density at radius 1 is 1.60 bits per heavy atom. The van der Waals surface area contributed by atoms with Gasteiger partial charge in [0.25, 0.3) is 0 Å². The topological polar surface area (TPSA) is 91.9 Å². The SMILES string of the molecule is CC1(C)C(=O)Nc2cnc(C(=N)N)cc21. The number of anilines is 1. The smallest absolute Gasteiger partial charge is 0.234 e. The first-order valence-electron chi connectivity index (χ1n) is 4.59. The number of nitrogen functional groups attached to an aromatic ring is 1. The summed E-state index contributed by atoms with van der Waals surface area (Å²) in [7, 11) is 0. The van der Waals surface area contributed by atoms with Crippen LogP contribution in [0.5, 0.6) is 0 Å². The largest absolute Gasteiger partial charge is 0.382 e. The summed E-state index contributed by atoms with van der Waals surface area (Å²) in [6.07, 6.45) is 1.54. The molecular formula is C10H12N4O. The maximum absolute atomic E-state index is 11.6. The number of carbonyl (C=O) groups excluding carboxylic acids is 1. The lowest BCUT2D eigenvalue weighted by Crippen LogP contribution is -2.27. The van der Waals surface area contributed by atoms with E-state index in [-0.39, 0.29) is 11.7 Å². The Balaban J connectivity index is 2.59. The van der Waals surface area contributed by atoms with Crippen LogP contribution in [0, 0.1) is 5.41 Å². The molecule has 0 aliphatic carbocycles. The van der Waals surface area contributed by atoms with E-state index in [2.05, 4.69) is 10.3 Å². The first-order chi connectivity index (χ1) is 6.93. The normalized spacial score (nSPS) is 17.1. The molecule has 4 N–H and O–H groups in total. The van der Waals surface area contributed by atoms with Crippen LogP contribution in [0.3, 0.4) is 0 Å². The number of nitrogens with one attached hydrogen (secondary N) is 2. The maximum Gasteiger partial charge on any atom is 0.234 e. The van der Waals surface area contributed by atoms with Gasteiger partial charge in [-0.1, -0.05) is 0 Å². The van der Waals surface area contributed by atoms with Crippen molar-refractivity contribution in [2.75, 3.05) is 5.32 Å². The molecule has 2 heterocycles. The maximum atomic E-state index is 11.6. The second kappa shape index (κ2) is 2.79. The van der Waals surface area contributed by atoms with E-state index < -0.39 is 5.41 Å². The number of carbonyl (C=O) groups is 1. The van der Waals surface area contributed by atoms with Crippen molar-refractivity contribution >= 4 is 17.4 Å². The van der Waals surface area contributed by atoms with E-state index in [0.29, 0.717) is 11.4 Å². The highest BCUT2D eigenvalue weighted by atomic mass is 16.2. The standard InChI is InChI=1S/C10H12N4O/c1-10(2)5-3-6(8(11)12)13-4-7(5)14-9(10)15/h3-4H,1-2H3,(H3,11,12)(H,14,15). The quantitative estimate of drug-likeness (QED) is 0.462. The highest BCUT2D eigenvalue weighted by Gasteiger charge is 2.38. The molecule has 78 valence electrons. The Kier molecular flexibility index (Phi) is 1.79. The molecule has 0 radical (unpaired) electrons. The van der Waals surface area contributed by atoms with Crippen molar-refractivity contribution in [3.63, 3.8) is 0 Å². The third-order valence-corrected chi connectivity index (χ3v) is 2.67. The molecule has 0 spiro atoms. The second-order valence-corrected chi connectivity index (χ2v) is 4.11. The van der Waals surface area contributed by atoms with Crippen LogP contribution >= 0.6 is 0 Å². The number of amides is 1. The van der Waals surface area contributed by atoms with E-state index in [4.69, 9.17) is 11.1 Å². The molecule has 1 aromatic heterocycles. The number of hydrogen-bond donors (Lipinski definition) is 3. The third-order valence-electron chi connectivity index (χ3n) is 2.67. The summed E-state index contributed by atoms with van der Waals surface area (Å²) in [4.78, 5) is 15.6. The first kappa shape index (κ1) is 9.64. The fourth-order valence-electron chi connectivity index (χ4n) is 1.62. The van der Waals surface area contributed by atoms with E-state index >= 15 is 0 Å². The van der Waals surface area contributed by atoms with Crippen molar-refractivity contribution in [1.29, 1.82) is 5.41 Å². The Bertz CT molecular complexity index is 464. The molecule has 1 aliphatic rings. The van der Waals surface area contributed by atoms with Crippen LogP contribution in [0.2, 0.25) is 0 Å². The van der Waals surface area contributed by atoms with Gasteiger partial charge in [0.1, 0.15) is 11.5 Å². The number of rotatable bonds is 1. The van der Waals surface area contributed by atoms with Crippen LogP contribution in [-0.4, -0.2) is 16.7 Å². The molecule has 1 aliphatic heterocycles. The van der Waals surface area contributed by atoms with Gasteiger partial charge in [0.15, 0.2) is 0 Å². The zero-order chi connectivity index (χ0) is 11.2. The van der Waals surface area contributed by atoms with Gasteiger partial charge in [0.2, 0.25) is 5.91 Å². The lowest BCUT2D eigenvalue weighted by molar-refractivity contribution is -0.119. The van der Waals surface area contributed by atoms with Crippen molar-refractivity contribution in [3.8, 4) is 0 Å². The van der Waals surface area contributed by atoms with E-state index in [1.807, 2.05) is 13.8 Å². The van der Waals surface area contributed by atoms with Crippen molar-refractivity contribution in [3.05, 3.63) is 23.5 Å². The number of hydrogen-bond acceptors (Lipinski definition) is 3. The van der Waals surface area contributed by atoms with Gasteiger partial charge in [-0.2, -0.15) is 0 Å². The third kappa shape index (κ3) is 1.27. The molecule has 0 unspecified atom stereocenters. The van der Waals surface area contributed by atoms with E-state index in [9.17, 15) is 4.79 Å². The average molecular weight is 204 g/mol. The van der Waals surface area contributed by atoms with Crippen LogP contribution < -0.4 is 11.1 Å². The number of aromatic nitrogens is 1. The number of fused-ring (bicyclic) bond motifs is 1. The number of nitrogens with two attached hydrogens (primary N) is 1. The van der Waals surface area contributed by atoms with Crippen LogP contribution in [0.25, 0.3) is 0 Å². The van der Waals surface area contributed by atoms with Gasteiger partial charge in [-0.3, -0.25) is 15.2 Å². The Hall–Kier alpha value is -1.91. The molecule has 1 aromatic rings. The minimum Gasteiger partial charge on any atom is -0.382 e. The first-order valence-corrected chi connectivity index (χ1v) is 4.59. The van der Waals surface area contributed by atoms with Gasteiger partial charge in [-0.15, -0.1) is 0 Å². The van der Waals surface area contributed by atoms with E-state index in [1.54, 1.807) is 12.3 Å². The summed E-state index contributed by atoms with van der Waals surface area (Å²) >= 11 is 0. The predicted octanol–water partition coefficient (Wildman–Crippen LogP) is 0.595. The molecule has 1 amide bonds.